The van der Waals surface area contributed by atoms with E-state index in [9.17, 15) is 0 Å². The van der Waals surface area contributed by atoms with Crippen LogP contribution in [0.5, 0.6) is 5.75 Å². The van der Waals surface area contributed by atoms with E-state index in [1.165, 1.54) is 0 Å². The maximum Gasteiger partial charge on any atom is 0.188 e. The summed E-state index contributed by atoms with van der Waals surface area (Å²) in [4.78, 5) is 12.6. The number of aromatic nitrogens is 3. The molecule has 0 unspecified atom stereocenters. The molecule has 36 heavy (non-hydrogen) atoms. The zero-order valence-corrected chi connectivity index (χ0v) is 20.0. The Morgan fingerprint density at radius 1 is 1.00 bits per heavy atom. The second-order valence-electron chi connectivity index (χ2n) is 8.20. The molecule has 1 aliphatic heterocycles. The quantitative estimate of drug-likeness (QED) is 0.334. The van der Waals surface area contributed by atoms with Crippen molar-refractivity contribution in [3.8, 4) is 5.75 Å². The third-order valence-electron chi connectivity index (χ3n) is 6.10. The van der Waals surface area contributed by atoms with E-state index >= 15 is 0 Å². The summed E-state index contributed by atoms with van der Waals surface area (Å²) >= 11 is 6.28. The fraction of sp³-hybridized carbons (Fsp3) is 0.259. The number of hydrogen-bond donors (Lipinski definition) is 1. The van der Waals surface area contributed by atoms with Gasteiger partial charge in [-0.25, -0.2) is 9.83 Å². The lowest BCUT2D eigenvalue weighted by Gasteiger charge is -2.36. The molecule has 1 fully saturated rings. The van der Waals surface area contributed by atoms with Gasteiger partial charge < -0.3 is 19.9 Å². The molecule has 9 heteroatoms. The van der Waals surface area contributed by atoms with Crippen LogP contribution in [0.25, 0.3) is 15.6 Å². The average Bonchev–Trinajstić information content (AvgIpc) is 2.92. The zero-order chi connectivity index (χ0) is 24.2. The lowest BCUT2D eigenvalue weighted by Crippen LogP contribution is -2.47. The Balaban J connectivity index is 0.00000304. The summed E-state index contributed by atoms with van der Waals surface area (Å²) in [7, 11) is 1.59. The number of ether oxygens (including phenoxy) is 1. The van der Waals surface area contributed by atoms with Gasteiger partial charge in [0.15, 0.2) is 17.3 Å². The standard InChI is InChI=1S/C26H24ClN7O.CH4/c1-28-19-7-8-20-21(16-19)25(30-17-18-6-9-23(35-2)22(27)15-18)31-32-26(20)34-13-11-33(12-14-34)24-5-3-4-10-29-24;/h3-10,15-16H,11-14,17H2,2H3,(H,30,31);1H4. The van der Waals surface area contributed by atoms with Crippen molar-refractivity contribution in [1.82, 2.24) is 15.2 Å². The summed E-state index contributed by atoms with van der Waals surface area (Å²) in [6.07, 6.45) is 1.82. The van der Waals surface area contributed by atoms with Gasteiger partial charge in [-0.05, 0) is 35.9 Å². The molecule has 0 aliphatic carbocycles. The van der Waals surface area contributed by atoms with Crippen molar-refractivity contribution in [2.75, 3.05) is 48.4 Å². The fourth-order valence-corrected chi connectivity index (χ4v) is 4.54. The number of benzene rings is 2. The number of anilines is 3. The number of rotatable bonds is 6. The van der Waals surface area contributed by atoms with Crippen molar-refractivity contribution in [3.63, 3.8) is 0 Å². The van der Waals surface area contributed by atoms with E-state index in [1.807, 2.05) is 60.8 Å². The van der Waals surface area contributed by atoms with E-state index < -0.39 is 0 Å². The third kappa shape index (κ3) is 5.11. The van der Waals surface area contributed by atoms with E-state index in [0.717, 1.165) is 54.2 Å². The van der Waals surface area contributed by atoms with Gasteiger partial charge in [-0.1, -0.05) is 43.3 Å². The molecule has 0 spiro atoms. The highest BCUT2D eigenvalue weighted by atomic mass is 35.5. The van der Waals surface area contributed by atoms with Crippen molar-refractivity contribution in [2.45, 2.75) is 14.0 Å². The topological polar surface area (TPSA) is 70.8 Å². The van der Waals surface area contributed by atoms with Crippen LogP contribution in [0.3, 0.4) is 0 Å². The summed E-state index contributed by atoms with van der Waals surface area (Å²) in [5.74, 6) is 3.08. The molecular formula is C27H28ClN7O. The SMILES string of the molecule is C.[C-]#[N+]c1ccc2c(N3CCN(c4ccccn4)CC3)nnc(NCc3ccc(OC)c(Cl)c3)c2c1. The molecule has 1 saturated heterocycles. The minimum absolute atomic E-state index is 0. The summed E-state index contributed by atoms with van der Waals surface area (Å²) in [5.41, 5.74) is 1.55. The largest absolute Gasteiger partial charge is 0.495 e. The summed E-state index contributed by atoms with van der Waals surface area (Å²) in [6.45, 7) is 11.3. The van der Waals surface area contributed by atoms with Crippen molar-refractivity contribution < 1.29 is 4.74 Å². The highest BCUT2D eigenvalue weighted by Crippen LogP contribution is 2.33. The molecule has 0 radical (unpaired) electrons. The first-order valence-electron chi connectivity index (χ1n) is 11.3. The predicted octanol–water partition coefficient (Wildman–Crippen LogP) is 5.81. The average molecular weight is 502 g/mol. The molecule has 4 aromatic rings. The van der Waals surface area contributed by atoms with Crippen LogP contribution in [0.2, 0.25) is 5.02 Å². The number of nitrogens with one attached hydrogen (secondary N) is 1. The molecule has 0 atom stereocenters. The number of pyridine rings is 1. The second kappa shape index (κ2) is 11.1. The summed E-state index contributed by atoms with van der Waals surface area (Å²) in [6, 6.07) is 17.3. The number of nitrogens with zero attached hydrogens (tertiary/aromatic N) is 6. The van der Waals surface area contributed by atoms with Gasteiger partial charge in [0.05, 0.1) is 18.7 Å². The molecule has 5 rings (SSSR count). The van der Waals surface area contributed by atoms with Gasteiger partial charge in [0.2, 0.25) is 0 Å². The Hall–Kier alpha value is -4.09. The monoisotopic (exact) mass is 501 g/mol. The number of fused-ring (bicyclic) bond motifs is 1. The van der Waals surface area contributed by atoms with Gasteiger partial charge in [0.25, 0.3) is 0 Å². The van der Waals surface area contributed by atoms with Crippen molar-refractivity contribution in [2.24, 2.45) is 0 Å². The number of piperazine rings is 1. The lowest BCUT2D eigenvalue weighted by molar-refractivity contribution is 0.415. The van der Waals surface area contributed by atoms with Crippen LogP contribution in [0.4, 0.5) is 23.1 Å². The van der Waals surface area contributed by atoms with Crippen LogP contribution in [0, 0.1) is 6.57 Å². The Morgan fingerprint density at radius 3 is 2.50 bits per heavy atom. The van der Waals surface area contributed by atoms with E-state index in [0.29, 0.717) is 28.8 Å². The molecule has 3 heterocycles. The predicted molar refractivity (Wildman–Crippen MR) is 147 cm³/mol. The molecule has 0 bridgehead atoms. The van der Waals surface area contributed by atoms with Crippen molar-refractivity contribution >= 4 is 45.5 Å². The van der Waals surface area contributed by atoms with Gasteiger partial charge in [-0.2, -0.15) is 0 Å². The van der Waals surface area contributed by atoms with Gasteiger partial charge in [-0.3, -0.25) is 0 Å². The van der Waals surface area contributed by atoms with E-state index in [-0.39, 0.29) is 7.43 Å². The number of hydrogen-bond acceptors (Lipinski definition) is 7. The smallest absolute Gasteiger partial charge is 0.188 e. The minimum atomic E-state index is 0. The van der Waals surface area contributed by atoms with Gasteiger partial charge >= 0.3 is 0 Å². The van der Waals surface area contributed by atoms with E-state index in [2.05, 4.69) is 35.1 Å². The second-order valence-corrected chi connectivity index (χ2v) is 8.61. The Kier molecular flexibility index (Phi) is 7.71. The van der Waals surface area contributed by atoms with Crippen LogP contribution >= 0.6 is 11.6 Å². The highest BCUT2D eigenvalue weighted by Gasteiger charge is 2.22. The Bertz CT molecular complexity index is 1380. The molecular weight excluding hydrogens is 474 g/mol. The maximum atomic E-state index is 7.46. The first-order chi connectivity index (χ1) is 17.2. The van der Waals surface area contributed by atoms with Crippen LogP contribution < -0.4 is 19.9 Å². The van der Waals surface area contributed by atoms with Crippen LogP contribution in [0.1, 0.15) is 13.0 Å². The molecule has 1 aliphatic rings. The molecule has 2 aromatic heterocycles. The first-order valence-corrected chi connectivity index (χ1v) is 11.7. The summed E-state index contributed by atoms with van der Waals surface area (Å²) < 4.78 is 5.23. The fourth-order valence-electron chi connectivity index (χ4n) is 4.26. The van der Waals surface area contributed by atoms with Gasteiger partial charge in [0.1, 0.15) is 11.6 Å². The van der Waals surface area contributed by atoms with Crippen LogP contribution in [0.15, 0.2) is 60.8 Å². The van der Waals surface area contributed by atoms with E-state index in [4.69, 9.17) is 22.9 Å². The van der Waals surface area contributed by atoms with Crippen molar-refractivity contribution in [3.05, 3.63) is 82.8 Å². The van der Waals surface area contributed by atoms with Crippen molar-refractivity contribution in [1.29, 1.82) is 0 Å². The molecule has 184 valence electrons. The third-order valence-corrected chi connectivity index (χ3v) is 6.40. The molecule has 1 N–H and O–H groups in total. The molecule has 2 aromatic carbocycles. The summed E-state index contributed by atoms with van der Waals surface area (Å²) in [5, 5.41) is 14.9. The van der Waals surface area contributed by atoms with Gasteiger partial charge in [-0.15, -0.1) is 10.2 Å². The van der Waals surface area contributed by atoms with Gasteiger partial charge in [0, 0.05) is 49.7 Å². The minimum Gasteiger partial charge on any atom is -0.495 e. The van der Waals surface area contributed by atoms with Crippen LogP contribution in [-0.2, 0) is 6.54 Å². The highest BCUT2D eigenvalue weighted by molar-refractivity contribution is 6.32. The zero-order valence-electron chi connectivity index (χ0n) is 19.3. The normalized spacial score (nSPS) is 13.1. The van der Waals surface area contributed by atoms with E-state index in [1.54, 1.807) is 7.11 Å². The lowest BCUT2D eigenvalue weighted by atomic mass is 10.1. The number of halogens is 1. The molecule has 8 nitrogen and oxygen atoms in total. The molecule has 0 saturated carbocycles. The van der Waals surface area contributed by atoms with Crippen LogP contribution in [-0.4, -0.2) is 48.5 Å². The number of methoxy groups -OCH3 is 1. The first kappa shape index (κ1) is 25.0. The Morgan fingerprint density at radius 2 is 1.81 bits per heavy atom. The molecule has 0 amide bonds. The Labute approximate surface area is 216 Å². The maximum absolute atomic E-state index is 7.46.